The van der Waals surface area contributed by atoms with Crippen molar-refractivity contribution in [3.05, 3.63) is 47.3 Å². The number of halogens is 1. The van der Waals surface area contributed by atoms with Gasteiger partial charge in [-0.15, -0.1) is 10.2 Å². The maximum atomic E-state index is 12.9. The van der Waals surface area contributed by atoms with Crippen LogP contribution in [0.3, 0.4) is 0 Å². The van der Waals surface area contributed by atoms with E-state index in [1.54, 1.807) is 18.2 Å². The molecule has 0 unspecified atom stereocenters. The minimum atomic E-state index is -0.290. The summed E-state index contributed by atoms with van der Waals surface area (Å²) >= 11 is 0. The number of fused-ring (bicyclic) bond motifs is 1. The second kappa shape index (κ2) is 5.88. The molecule has 0 atom stereocenters. The molecule has 0 saturated carbocycles. The van der Waals surface area contributed by atoms with E-state index >= 15 is 0 Å². The molecule has 0 radical (unpaired) electrons. The van der Waals surface area contributed by atoms with Crippen LogP contribution in [-0.2, 0) is 13.0 Å². The van der Waals surface area contributed by atoms with Crippen molar-refractivity contribution in [1.82, 2.24) is 14.8 Å². The minimum Gasteiger partial charge on any atom is -0.310 e. The highest BCUT2D eigenvalue weighted by Crippen LogP contribution is 2.21. The fourth-order valence-corrected chi connectivity index (χ4v) is 2.56. The van der Waals surface area contributed by atoms with Gasteiger partial charge in [0.2, 0.25) is 0 Å². The van der Waals surface area contributed by atoms with Gasteiger partial charge in [-0.1, -0.05) is 18.6 Å². The molecule has 1 aliphatic rings. The Balaban J connectivity index is 1.99. The van der Waals surface area contributed by atoms with Crippen molar-refractivity contribution in [2.45, 2.75) is 32.2 Å². The number of nitriles is 1. The van der Waals surface area contributed by atoms with E-state index in [9.17, 15) is 9.65 Å². The number of aromatic nitrogens is 3. The molecule has 4 nitrogen and oxygen atoms in total. The van der Waals surface area contributed by atoms with E-state index in [0.29, 0.717) is 11.4 Å². The number of rotatable bonds is 2. The Morgan fingerprint density at radius 1 is 1.19 bits per heavy atom. The molecule has 2 aromatic rings. The zero-order valence-corrected chi connectivity index (χ0v) is 11.6. The summed E-state index contributed by atoms with van der Waals surface area (Å²) in [5.41, 5.74) is 1.24. The molecule has 2 heterocycles. The summed E-state index contributed by atoms with van der Waals surface area (Å²) in [6, 6.07) is 8.23. The summed E-state index contributed by atoms with van der Waals surface area (Å²) in [5.74, 6) is 1.27. The SMILES string of the molecule is N#C/C(=C/c1ccc(F)cc1)c1nnc2n1CCCCC2. The highest BCUT2D eigenvalue weighted by atomic mass is 19.1. The minimum absolute atomic E-state index is 0.290. The van der Waals surface area contributed by atoms with E-state index in [2.05, 4.69) is 16.3 Å². The molecular formula is C16H15FN4. The van der Waals surface area contributed by atoms with Gasteiger partial charge in [0.05, 0.1) is 5.57 Å². The Labute approximate surface area is 122 Å². The number of hydrogen-bond donors (Lipinski definition) is 0. The second-order valence-electron chi connectivity index (χ2n) is 5.12. The topological polar surface area (TPSA) is 54.5 Å². The molecule has 0 bridgehead atoms. The summed E-state index contributed by atoms with van der Waals surface area (Å²) in [5, 5.41) is 17.8. The zero-order chi connectivity index (χ0) is 14.7. The molecule has 0 N–H and O–H groups in total. The second-order valence-corrected chi connectivity index (χ2v) is 5.12. The molecule has 3 rings (SSSR count). The monoisotopic (exact) mass is 282 g/mol. The standard InChI is InChI=1S/C16H15FN4/c17-14-7-5-12(6-8-14)10-13(11-18)16-20-19-15-4-2-1-3-9-21(15)16/h5-8,10H,1-4,9H2/b13-10-. The number of nitrogens with zero attached hydrogens (tertiary/aromatic N) is 4. The third kappa shape index (κ3) is 2.84. The molecule has 1 aromatic carbocycles. The van der Waals surface area contributed by atoms with E-state index in [1.807, 2.05) is 4.57 Å². The van der Waals surface area contributed by atoms with Crippen LogP contribution < -0.4 is 0 Å². The Hall–Kier alpha value is -2.48. The molecule has 0 spiro atoms. The molecule has 1 aliphatic heterocycles. The van der Waals surface area contributed by atoms with Crippen LogP contribution >= 0.6 is 0 Å². The van der Waals surface area contributed by atoms with Crippen LogP contribution in [0.15, 0.2) is 24.3 Å². The van der Waals surface area contributed by atoms with Gasteiger partial charge in [-0.05, 0) is 36.6 Å². The predicted octanol–water partition coefficient (Wildman–Crippen LogP) is 3.21. The number of allylic oxidation sites excluding steroid dienone is 1. The maximum Gasteiger partial charge on any atom is 0.174 e. The van der Waals surface area contributed by atoms with Crippen molar-refractivity contribution in [3.63, 3.8) is 0 Å². The van der Waals surface area contributed by atoms with Gasteiger partial charge < -0.3 is 4.57 Å². The lowest BCUT2D eigenvalue weighted by molar-refractivity contribution is 0.627. The summed E-state index contributed by atoms with van der Waals surface area (Å²) in [7, 11) is 0. The quantitative estimate of drug-likeness (QED) is 0.795. The largest absolute Gasteiger partial charge is 0.310 e. The van der Waals surface area contributed by atoms with Gasteiger partial charge in [-0.25, -0.2) is 4.39 Å². The zero-order valence-electron chi connectivity index (χ0n) is 11.6. The van der Waals surface area contributed by atoms with Crippen molar-refractivity contribution in [2.24, 2.45) is 0 Å². The van der Waals surface area contributed by atoms with E-state index in [1.165, 1.54) is 18.6 Å². The van der Waals surface area contributed by atoms with E-state index in [0.717, 1.165) is 37.2 Å². The fraction of sp³-hybridized carbons (Fsp3) is 0.312. The molecule has 21 heavy (non-hydrogen) atoms. The Morgan fingerprint density at radius 3 is 2.76 bits per heavy atom. The van der Waals surface area contributed by atoms with Gasteiger partial charge in [0.1, 0.15) is 17.7 Å². The summed E-state index contributed by atoms with van der Waals surface area (Å²) in [6.07, 6.45) is 5.99. The predicted molar refractivity (Wildman–Crippen MR) is 77.5 cm³/mol. The first-order valence-electron chi connectivity index (χ1n) is 7.08. The highest BCUT2D eigenvalue weighted by molar-refractivity contribution is 5.87. The lowest BCUT2D eigenvalue weighted by atomic mass is 10.1. The number of hydrogen-bond acceptors (Lipinski definition) is 3. The lowest BCUT2D eigenvalue weighted by Crippen LogP contribution is -2.05. The lowest BCUT2D eigenvalue weighted by Gasteiger charge is -2.05. The first-order valence-corrected chi connectivity index (χ1v) is 7.08. The Morgan fingerprint density at radius 2 is 2.00 bits per heavy atom. The molecule has 1 aromatic heterocycles. The average Bonchev–Trinajstić information content (AvgIpc) is 2.75. The Bertz CT molecular complexity index is 707. The first kappa shape index (κ1) is 13.5. The van der Waals surface area contributed by atoms with Gasteiger partial charge in [-0.3, -0.25) is 0 Å². The molecule has 5 heteroatoms. The van der Waals surface area contributed by atoms with Crippen LogP contribution in [0.5, 0.6) is 0 Å². The molecule has 0 aliphatic carbocycles. The number of benzene rings is 1. The van der Waals surface area contributed by atoms with Crippen molar-refractivity contribution in [1.29, 1.82) is 5.26 Å². The van der Waals surface area contributed by atoms with Crippen LogP contribution in [0, 0.1) is 17.1 Å². The van der Waals surface area contributed by atoms with Crippen molar-refractivity contribution < 1.29 is 4.39 Å². The summed E-state index contributed by atoms with van der Waals surface area (Å²) in [6.45, 7) is 0.847. The van der Waals surface area contributed by atoms with E-state index < -0.39 is 0 Å². The first-order chi connectivity index (χ1) is 10.3. The van der Waals surface area contributed by atoms with Crippen LogP contribution in [0.25, 0.3) is 11.6 Å². The molecule has 106 valence electrons. The van der Waals surface area contributed by atoms with Crippen LogP contribution in [0.4, 0.5) is 4.39 Å². The third-order valence-electron chi connectivity index (χ3n) is 3.65. The van der Waals surface area contributed by atoms with Crippen molar-refractivity contribution in [3.8, 4) is 6.07 Å². The third-order valence-corrected chi connectivity index (χ3v) is 3.65. The van der Waals surface area contributed by atoms with Crippen molar-refractivity contribution >= 4 is 11.6 Å². The van der Waals surface area contributed by atoms with Gasteiger partial charge >= 0.3 is 0 Å². The molecular weight excluding hydrogens is 267 g/mol. The fourth-order valence-electron chi connectivity index (χ4n) is 2.56. The summed E-state index contributed by atoms with van der Waals surface area (Å²) < 4.78 is 15.0. The van der Waals surface area contributed by atoms with Crippen molar-refractivity contribution in [2.75, 3.05) is 0 Å². The van der Waals surface area contributed by atoms with Gasteiger partial charge in [0.25, 0.3) is 0 Å². The van der Waals surface area contributed by atoms with Crippen LogP contribution in [-0.4, -0.2) is 14.8 Å². The van der Waals surface area contributed by atoms with Crippen LogP contribution in [0.2, 0.25) is 0 Å². The average molecular weight is 282 g/mol. The van der Waals surface area contributed by atoms with E-state index in [4.69, 9.17) is 0 Å². The number of aryl methyl sites for hydroxylation is 1. The van der Waals surface area contributed by atoms with Crippen LogP contribution in [0.1, 0.15) is 36.5 Å². The van der Waals surface area contributed by atoms with Gasteiger partial charge in [-0.2, -0.15) is 5.26 Å². The summed E-state index contributed by atoms with van der Waals surface area (Å²) in [4.78, 5) is 0. The van der Waals surface area contributed by atoms with E-state index in [-0.39, 0.29) is 5.82 Å². The van der Waals surface area contributed by atoms with Gasteiger partial charge in [0.15, 0.2) is 5.82 Å². The maximum absolute atomic E-state index is 12.9. The molecule has 0 saturated heterocycles. The normalized spacial score (nSPS) is 15.1. The molecule has 0 amide bonds. The smallest absolute Gasteiger partial charge is 0.174 e. The highest BCUT2D eigenvalue weighted by Gasteiger charge is 2.17. The Kier molecular flexibility index (Phi) is 3.78. The van der Waals surface area contributed by atoms with Gasteiger partial charge in [0, 0.05) is 13.0 Å². The molecule has 0 fully saturated rings.